The zero-order valence-corrected chi connectivity index (χ0v) is 15.4. The summed E-state index contributed by atoms with van der Waals surface area (Å²) in [6.45, 7) is 4.01. The Morgan fingerprint density at radius 3 is 2.43 bits per heavy atom. The van der Waals surface area contributed by atoms with Gasteiger partial charge in [-0.3, -0.25) is 0 Å². The molecule has 0 amide bonds. The van der Waals surface area contributed by atoms with Gasteiger partial charge in [0.25, 0.3) is 0 Å². The summed E-state index contributed by atoms with van der Waals surface area (Å²) in [6.07, 6.45) is 4.40. The molecule has 4 rings (SSSR count). The van der Waals surface area contributed by atoms with Crippen molar-refractivity contribution in [2.75, 3.05) is 13.1 Å². The molecule has 0 radical (unpaired) electrons. The zero-order valence-electron chi connectivity index (χ0n) is 13.0. The highest BCUT2D eigenvalue weighted by molar-refractivity contribution is 14.0. The summed E-state index contributed by atoms with van der Waals surface area (Å²) in [5.41, 5.74) is 6.28. The maximum atomic E-state index is 4.96. The van der Waals surface area contributed by atoms with Gasteiger partial charge in [-0.15, -0.1) is 24.0 Å². The van der Waals surface area contributed by atoms with Gasteiger partial charge in [0.05, 0.1) is 0 Å². The molecule has 2 aromatic rings. The smallest absolute Gasteiger partial charge is 0.192 e. The fraction of sp³-hybridized carbons (Fsp3) is 0.211. The maximum Gasteiger partial charge on any atom is 0.192 e. The summed E-state index contributed by atoms with van der Waals surface area (Å²) in [4.78, 5) is 4.96. The van der Waals surface area contributed by atoms with Crippen molar-refractivity contribution in [3.05, 3.63) is 70.3 Å². The molecule has 118 valence electrons. The predicted octanol–water partition coefficient (Wildman–Crippen LogP) is 3.74. The van der Waals surface area contributed by atoms with E-state index in [1.54, 1.807) is 0 Å². The van der Waals surface area contributed by atoms with Crippen molar-refractivity contribution >= 4 is 42.1 Å². The van der Waals surface area contributed by atoms with Crippen LogP contribution >= 0.6 is 24.0 Å². The minimum atomic E-state index is 0. The second kappa shape index (κ2) is 6.74. The van der Waals surface area contributed by atoms with Crippen LogP contribution in [0, 0.1) is 6.92 Å². The normalized spacial score (nSPS) is 18.0. The average Bonchev–Trinajstić information content (AvgIpc) is 2.99. The third-order valence-corrected chi connectivity index (χ3v) is 4.24. The summed E-state index contributed by atoms with van der Waals surface area (Å²) >= 11 is 0. The van der Waals surface area contributed by atoms with Gasteiger partial charge in [0.2, 0.25) is 0 Å². The van der Waals surface area contributed by atoms with E-state index in [1.807, 2.05) is 0 Å². The number of benzene rings is 2. The molecule has 1 aliphatic carbocycles. The molecule has 23 heavy (non-hydrogen) atoms. The molecule has 4 heteroatoms. The Balaban J connectivity index is 0.00000156. The molecule has 3 nitrogen and oxygen atoms in total. The van der Waals surface area contributed by atoms with Gasteiger partial charge in [-0.05, 0) is 29.2 Å². The SMILES string of the molecule is Cc1ccc2c(c1)C=Cc1ccccc1C2N=C1NCCN1.I. The quantitative estimate of drug-likeness (QED) is 0.694. The fourth-order valence-electron chi connectivity index (χ4n) is 3.13. The number of fused-ring (bicyclic) bond motifs is 2. The largest absolute Gasteiger partial charge is 0.355 e. The predicted molar refractivity (Wildman–Crippen MR) is 107 cm³/mol. The van der Waals surface area contributed by atoms with Crippen molar-refractivity contribution in [1.82, 2.24) is 10.6 Å². The van der Waals surface area contributed by atoms with Crippen LogP contribution in [0.15, 0.2) is 47.5 Å². The number of aliphatic imine (C=N–C) groups is 1. The summed E-state index contributed by atoms with van der Waals surface area (Å²) in [7, 11) is 0. The molecule has 2 aromatic carbocycles. The van der Waals surface area contributed by atoms with Crippen molar-refractivity contribution in [3.63, 3.8) is 0 Å². The van der Waals surface area contributed by atoms with Gasteiger partial charge in [-0.2, -0.15) is 0 Å². The van der Waals surface area contributed by atoms with Gasteiger partial charge in [0.15, 0.2) is 5.96 Å². The molecule has 1 saturated heterocycles. The summed E-state index contributed by atoms with van der Waals surface area (Å²) in [5, 5.41) is 6.63. The van der Waals surface area contributed by atoms with Gasteiger partial charge in [-0.25, -0.2) is 4.99 Å². The van der Waals surface area contributed by atoms with E-state index in [-0.39, 0.29) is 30.0 Å². The Hall–Kier alpha value is -1.82. The minimum absolute atomic E-state index is 0. The number of nitrogens with zero attached hydrogens (tertiary/aromatic N) is 1. The summed E-state index contributed by atoms with van der Waals surface area (Å²) in [6, 6.07) is 15.2. The van der Waals surface area contributed by atoms with Crippen LogP contribution in [0.25, 0.3) is 12.2 Å². The first-order valence-corrected chi connectivity index (χ1v) is 7.74. The van der Waals surface area contributed by atoms with Crippen LogP contribution in [0.4, 0.5) is 0 Å². The highest BCUT2D eigenvalue weighted by atomic mass is 127. The van der Waals surface area contributed by atoms with Crippen molar-refractivity contribution in [1.29, 1.82) is 0 Å². The molecule has 0 spiro atoms. The Morgan fingerprint density at radius 1 is 0.913 bits per heavy atom. The number of aryl methyl sites for hydroxylation is 1. The average molecular weight is 417 g/mol. The van der Waals surface area contributed by atoms with Crippen LogP contribution in [0.1, 0.15) is 33.9 Å². The first-order chi connectivity index (χ1) is 10.8. The lowest BCUT2D eigenvalue weighted by Gasteiger charge is -2.17. The third kappa shape index (κ3) is 3.13. The van der Waals surface area contributed by atoms with E-state index < -0.39 is 0 Å². The van der Waals surface area contributed by atoms with E-state index in [0.29, 0.717) is 0 Å². The van der Waals surface area contributed by atoms with Gasteiger partial charge >= 0.3 is 0 Å². The van der Waals surface area contributed by atoms with E-state index in [1.165, 1.54) is 27.8 Å². The molecular weight excluding hydrogens is 397 g/mol. The molecule has 0 saturated carbocycles. The molecule has 1 unspecified atom stereocenters. The molecule has 2 N–H and O–H groups in total. The Bertz CT molecular complexity index is 772. The van der Waals surface area contributed by atoms with Crippen molar-refractivity contribution < 1.29 is 0 Å². The lowest BCUT2D eigenvalue weighted by atomic mass is 9.94. The highest BCUT2D eigenvalue weighted by Crippen LogP contribution is 2.35. The van der Waals surface area contributed by atoms with Gasteiger partial charge < -0.3 is 10.6 Å². The Morgan fingerprint density at radius 2 is 1.61 bits per heavy atom. The zero-order chi connectivity index (χ0) is 14.9. The van der Waals surface area contributed by atoms with Crippen LogP contribution in [0.5, 0.6) is 0 Å². The number of guanidine groups is 1. The van der Waals surface area contributed by atoms with Crippen LogP contribution in [-0.2, 0) is 0 Å². The van der Waals surface area contributed by atoms with Crippen LogP contribution in [-0.4, -0.2) is 19.0 Å². The number of rotatable bonds is 1. The van der Waals surface area contributed by atoms with Gasteiger partial charge in [0, 0.05) is 13.1 Å². The molecule has 1 atom stereocenters. The summed E-state index contributed by atoms with van der Waals surface area (Å²) < 4.78 is 0. The molecule has 1 fully saturated rings. The second-order valence-corrected chi connectivity index (χ2v) is 5.83. The topological polar surface area (TPSA) is 36.4 Å². The maximum absolute atomic E-state index is 4.96. The van der Waals surface area contributed by atoms with E-state index in [0.717, 1.165) is 19.0 Å². The monoisotopic (exact) mass is 417 g/mol. The molecule has 1 heterocycles. The van der Waals surface area contributed by atoms with E-state index in [2.05, 4.69) is 72.2 Å². The van der Waals surface area contributed by atoms with Crippen molar-refractivity contribution in [2.24, 2.45) is 4.99 Å². The standard InChI is InChI=1S/C19H19N3.HI/c1-13-6-9-17-15(12-13)8-7-14-4-2-3-5-16(14)18(17)22-19-20-10-11-21-19;/h2-9,12,18H,10-11H2,1H3,(H2,20,21,22);1H. The van der Waals surface area contributed by atoms with Crippen molar-refractivity contribution in [2.45, 2.75) is 13.0 Å². The molecular formula is C19H20IN3. The molecule has 1 aliphatic heterocycles. The number of hydrogen-bond donors (Lipinski definition) is 2. The number of halogens is 1. The Kier molecular flexibility index (Phi) is 4.71. The lowest BCUT2D eigenvalue weighted by Crippen LogP contribution is -2.25. The second-order valence-electron chi connectivity index (χ2n) is 5.83. The van der Waals surface area contributed by atoms with Crippen molar-refractivity contribution in [3.8, 4) is 0 Å². The van der Waals surface area contributed by atoms with Crippen LogP contribution in [0.3, 0.4) is 0 Å². The summed E-state index contributed by atoms with van der Waals surface area (Å²) in [5.74, 6) is 0.897. The molecule has 0 bridgehead atoms. The highest BCUT2D eigenvalue weighted by Gasteiger charge is 2.22. The van der Waals surface area contributed by atoms with Gasteiger partial charge in [0.1, 0.15) is 6.04 Å². The molecule has 2 aliphatic rings. The number of hydrogen-bond acceptors (Lipinski definition) is 1. The minimum Gasteiger partial charge on any atom is -0.355 e. The van der Waals surface area contributed by atoms with E-state index in [4.69, 9.17) is 4.99 Å². The fourth-order valence-corrected chi connectivity index (χ4v) is 3.13. The van der Waals surface area contributed by atoms with Gasteiger partial charge in [-0.1, -0.05) is 60.2 Å². The van der Waals surface area contributed by atoms with E-state index >= 15 is 0 Å². The van der Waals surface area contributed by atoms with E-state index in [9.17, 15) is 0 Å². The number of nitrogens with one attached hydrogen (secondary N) is 2. The molecule has 0 aromatic heterocycles. The third-order valence-electron chi connectivity index (χ3n) is 4.24. The Labute approximate surface area is 153 Å². The van der Waals surface area contributed by atoms with Crippen LogP contribution < -0.4 is 10.6 Å². The van der Waals surface area contributed by atoms with Crippen LogP contribution in [0.2, 0.25) is 0 Å². The lowest BCUT2D eigenvalue weighted by molar-refractivity contribution is 0.851. The first-order valence-electron chi connectivity index (χ1n) is 7.74. The first kappa shape index (κ1) is 16.1.